The molecule has 0 bridgehead atoms. The third-order valence-electron chi connectivity index (χ3n) is 10.9. The van der Waals surface area contributed by atoms with Crippen molar-refractivity contribution < 1.29 is 34.1 Å². The fraction of sp³-hybridized carbons (Fsp3) is 0.346. The highest BCUT2D eigenvalue weighted by atomic mass is 32.1. The second-order valence-electron chi connectivity index (χ2n) is 17.1. The highest BCUT2D eigenvalue weighted by molar-refractivity contribution is 7.15. The Labute approximate surface area is 418 Å². The summed E-state index contributed by atoms with van der Waals surface area (Å²) < 4.78 is 5.33. The maximum Gasteiger partial charge on any atom is 0.407 e. The molecule has 5 aromatic rings. The van der Waals surface area contributed by atoms with Crippen LogP contribution in [-0.4, -0.2) is 88.9 Å². The SMILES string of the molecule is C=C(N)CNC(=O)[C@H](C)NC(=O)C(C)NC(=O)CNC(=O)OCC(C)C1=C(c2ccccc2)CCC=C1.Cc1ccc(O)c(Cc2cnc(NCCCNc3ncc(Cc4cc(C)ccc4O)s3)s2)c1. The van der Waals surface area contributed by atoms with Gasteiger partial charge in [0.15, 0.2) is 10.3 Å². The van der Waals surface area contributed by atoms with E-state index in [9.17, 15) is 29.4 Å². The molecule has 16 nitrogen and oxygen atoms in total. The Balaban J connectivity index is 0.000000262. The number of nitrogens with two attached hydrogens (primary N) is 1. The summed E-state index contributed by atoms with van der Waals surface area (Å²) in [6, 6.07) is 19.7. The van der Waals surface area contributed by atoms with Crippen LogP contribution in [0.2, 0.25) is 0 Å². The molecule has 6 rings (SSSR count). The van der Waals surface area contributed by atoms with Crippen molar-refractivity contribution in [1.29, 1.82) is 0 Å². The van der Waals surface area contributed by atoms with Gasteiger partial charge in [0.05, 0.1) is 13.2 Å². The van der Waals surface area contributed by atoms with Crippen LogP contribution < -0.4 is 37.6 Å². The number of aryl methyl sites for hydroxylation is 2. The number of thiazole rings is 2. The molecule has 3 aromatic carbocycles. The number of carbonyl (C=O) groups is 4. The maximum atomic E-state index is 12.3. The van der Waals surface area contributed by atoms with Gasteiger partial charge in [-0.05, 0) is 86.9 Å². The fourth-order valence-electron chi connectivity index (χ4n) is 7.21. The Morgan fingerprint density at radius 2 is 1.34 bits per heavy atom. The van der Waals surface area contributed by atoms with Crippen molar-refractivity contribution in [3.05, 3.63) is 147 Å². The standard InChI is InChI=1S/C27H37N5O5.C25H28N4O2S2/c1-17(22-12-8-9-13-23(22)21-10-6-5-7-11-21)16-37-27(36)30-15-24(33)31-20(4)26(35)32-19(3)25(34)29-14-18(2)28;1-16-4-6-22(30)18(10-16)12-20-14-28-24(32-20)26-8-3-9-27-25-29-15-21(33-25)13-19-11-17(2)5-7-23(19)31/h5-8,10-12,17,19-20H,2,9,13-16,28H2,1,3-4H3,(H,29,34)(H,30,36)(H,31,33)(H,32,35);4-7,10-11,14-15,30-31H,3,8-9,12-13H2,1-2H3,(H,26,28)(H,27,29)/t17?,19-,20?;/m0./s1. The van der Waals surface area contributed by atoms with Gasteiger partial charge >= 0.3 is 6.09 Å². The van der Waals surface area contributed by atoms with Crippen molar-refractivity contribution in [2.75, 3.05) is 43.4 Å². The molecule has 2 aromatic heterocycles. The number of aromatic hydroxyl groups is 2. The number of carbonyl (C=O) groups excluding carboxylic acids is 4. The van der Waals surface area contributed by atoms with E-state index in [-0.39, 0.29) is 31.3 Å². The van der Waals surface area contributed by atoms with E-state index in [1.54, 1.807) is 34.8 Å². The third-order valence-corrected chi connectivity index (χ3v) is 12.9. The van der Waals surface area contributed by atoms with E-state index in [0.29, 0.717) is 24.3 Å². The van der Waals surface area contributed by atoms with Crippen LogP contribution >= 0.6 is 22.7 Å². The van der Waals surface area contributed by atoms with Crippen molar-refractivity contribution >= 4 is 62.3 Å². The Morgan fingerprint density at radius 3 is 1.91 bits per heavy atom. The first-order chi connectivity index (χ1) is 33.5. The second-order valence-corrected chi connectivity index (χ2v) is 19.3. The van der Waals surface area contributed by atoms with Gasteiger partial charge in [-0.25, -0.2) is 14.8 Å². The molecule has 0 radical (unpaired) electrons. The van der Waals surface area contributed by atoms with Crippen LogP contribution in [0.4, 0.5) is 15.1 Å². The highest BCUT2D eigenvalue weighted by Gasteiger charge is 2.22. The van der Waals surface area contributed by atoms with E-state index in [2.05, 4.69) is 72.7 Å². The van der Waals surface area contributed by atoms with Crippen molar-refractivity contribution in [2.24, 2.45) is 11.7 Å². The normalized spacial score (nSPS) is 13.2. The molecule has 0 saturated carbocycles. The molecule has 4 amide bonds. The molecule has 0 saturated heterocycles. The van der Waals surface area contributed by atoms with Gasteiger partial charge < -0.3 is 52.6 Å². The van der Waals surface area contributed by atoms with E-state index in [4.69, 9.17) is 10.5 Å². The molecule has 70 heavy (non-hydrogen) atoms. The number of phenolic OH excluding ortho intramolecular Hbond substituents is 2. The lowest BCUT2D eigenvalue weighted by atomic mass is 9.86. The number of amides is 4. The monoisotopic (exact) mass is 991 g/mol. The van der Waals surface area contributed by atoms with Crippen LogP contribution in [0, 0.1) is 19.8 Å². The lowest BCUT2D eigenvalue weighted by Crippen LogP contribution is -2.53. The zero-order valence-electron chi connectivity index (χ0n) is 40.4. The van der Waals surface area contributed by atoms with Gasteiger partial charge in [0, 0.05) is 59.7 Å². The van der Waals surface area contributed by atoms with Gasteiger partial charge in [-0.3, -0.25) is 14.4 Å². The van der Waals surface area contributed by atoms with Gasteiger partial charge in [0.25, 0.3) is 0 Å². The van der Waals surface area contributed by atoms with Crippen molar-refractivity contribution in [3.8, 4) is 11.5 Å². The molecular formula is C52H65N9O7S2. The van der Waals surface area contributed by atoms with E-state index in [1.165, 1.54) is 19.4 Å². The Morgan fingerprint density at radius 1 is 0.771 bits per heavy atom. The molecule has 1 aliphatic rings. The minimum atomic E-state index is -0.925. The number of rotatable bonds is 22. The molecule has 0 aliphatic heterocycles. The molecule has 0 fully saturated rings. The number of allylic oxidation sites excluding steroid dienone is 3. The minimum Gasteiger partial charge on any atom is -0.508 e. The summed E-state index contributed by atoms with van der Waals surface area (Å²) >= 11 is 3.24. The first kappa shape index (κ1) is 53.8. The Bertz CT molecular complexity index is 2530. The quantitative estimate of drug-likeness (QED) is 0.0307. The first-order valence-corrected chi connectivity index (χ1v) is 24.8. The average Bonchev–Trinajstić information content (AvgIpc) is 4.00. The second kappa shape index (κ2) is 27.1. The number of alkyl carbamates (subject to hydrolysis) is 1. The molecule has 18 heteroatoms. The molecular weight excluding hydrogens is 927 g/mol. The fourth-order valence-corrected chi connectivity index (χ4v) is 8.93. The smallest absolute Gasteiger partial charge is 0.407 e. The van der Waals surface area contributed by atoms with E-state index in [1.807, 2.05) is 75.6 Å². The average molecular weight is 992 g/mol. The van der Waals surface area contributed by atoms with E-state index >= 15 is 0 Å². The van der Waals surface area contributed by atoms with Crippen LogP contribution in [0.15, 0.2) is 109 Å². The number of aromatic nitrogens is 2. The summed E-state index contributed by atoms with van der Waals surface area (Å²) in [5.74, 6) is -0.939. The molecule has 2 unspecified atom stereocenters. The molecule has 3 atom stereocenters. The summed E-state index contributed by atoms with van der Waals surface area (Å²) in [4.78, 5) is 59.6. The number of anilines is 2. The number of hydrogen-bond acceptors (Lipinski definition) is 14. The van der Waals surface area contributed by atoms with Crippen LogP contribution in [0.25, 0.3) is 5.57 Å². The van der Waals surface area contributed by atoms with Crippen LogP contribution in [0.5, 0.6) is 11.5 Å². The number of hydrogen-bond donors (Lipinski definition) is 9. The largest absolute Gasteiger partial charge is 0.508 e. The van der Waals surface area contributed by atoms with Gasteiger partial charge in [-0.15, -0.1) is 22.7 Å². The molecule has 2 heterocycles. The third kappa shape index (κ3) is 17.7. The maximum absolute atomic E-state index is 12.3. The van der Waals surface area contributed by atoms with Crippen LogP contribution in [-0.2, 0) is 32.0 Å². The van der Waals surface area contributed by atoms with E-state index < -0.39 is 35.9 Å². The summed E-state index contributed by atoms with van der Waals surface area (Å²) in [7, 11) is 0. The number of phenols is 2. The van der Waals surface area contributed by atoms with Gasteiger partial charge in [-0.2, -0.15) is 0 Å². The topological polar surface area (TPSA) is 242 Å². The Hall–Kier alpha value is -7.18. The van der Waals surface area contributed by atoms with Gasteiger partial charge in [0.1, 0.15) is 30.1 Å². The van der Waals surface area contributed by atoms with Gasteiger partial charge in [-0.1, -0.05) is 91.4 Å². The predicted molar refractivity (Wildman–Crippen MR) is 279 cm³/mol. The number of nitrogens with one attached hydrogen (secondary N) is 6. The molecule has 372 valence electrons. The summed E-state index contributed by atoms with van der Waals surface area (Å²) in [5.41, 5.74) is 13.3. The molecule has 1 aliphatic carbocycles. The summed E-state index contributed by atoms with van der Waals surface area (Å²) in [6.45, 7) is 14.0. The zero-order valence-corrected chi connectivity index (χ0v) is 42.0. The number of ether oxygens (including phenoxy) is 1. The van der Waals surface area contributed by atoms with Crippen LogP contribution in [0.1, 0.15) is 77.6 Å². The lowest BCUT2D eigenvalue weighted by molar-refractivity contribution is -0.131. The number of benzene rings is 3. The molecule has 0 spiro atoms. The molecule has 10 N–H and O–H groups in total. The zero-order chi connectivity index (χ0) is 50.6. The highest BCUT2D eigenvalue weighted by Crippen LogP contribution is 2.33. The van der Waals surface area contributed by atoms with Crippen LogP contribution in [0.3, 0.4) is 0 Å². The lowest BCUT2D eigenvalue weighted by Gasteiger charge is -2.22. The summed E-state index contributed by atoms with van der Waals surface area (Å²) in [6.07, 6.45) is 11.4. The van der Waals surface area contributed by atoms with Crippen molar-refractivity contribution in [3.63, 3.8) is 0 Å². The predicted octanol–water partition coefficient (Wildman–Crippen LogP) is 7.47. The van der Waals surface area contributed by atoms with Crippen molar-refractivity contribution in [1.82, 2.24) is 31.2 Å². The minimum absolute atomic E-state index is 0.0304. The summed E-state index contributed by atoms with van der Waals surface area (Å²) in [5, 5.41) is 38.5. The van der Waals surface area contributed by atoms with Gasteiger partial charge in [0.2, 0.25) is 17.7 Å². The first-order valence-electron chi connectivity index (χ1n) is 23.1. The van der Waals surface area contributed by atoms with E-state index in [0.717, 1.165) is 85.8 Å². The van der Waals surface area contributed by atoms with Crippen molar-refractivity contribution in [2.45, 2.75) is 78.8 Å². The Kier molecular flexibility index (Phi) is 20.8. The number of nitrogens with zero attached hydrogens (tertiary/aromatic N) is 2.